The Morgan fingerprint density at radius 1 is 1.30 bits per heavy atom. The van der Waals surface area contributed by atoms with E-state index in [2.05, 4.69) is 18.0 Å². The molecule has 30 heavy (non-hydrogen) atoms. The number of carbonyl (C=O) groups excluding carboxylic acids is 2. The Morgan fingerprint density at radius 2 is 2.07 bits per heavy atom. The van der Waals surface area contributed by atoms with Gasteiger partial charge < -0.3 is 14.5 Å². The highest BCUT2D eigenvalue weighted by Crippen LogP contribution is 2.34. The van der Waals surface area contributed by atoms with Crippen LogP contribution in [0.2, 0.25) is 0 Å². The molecule has 0 spiro atoms. The molecule has 0 saturated heterocycles. The average Bonchev–Trinajstić information content (AvgIpc) is 3.21. The van der Waals surface area contributed by atoms with Crippen LogP contribution in [-0.2, 0) is 16.0 Å². The van der Waals surface area contributed by atoms with Gasteiger partial charge in [0.05, 0.1) is 6.04 Å². The van der Waals surface area contributed by atoms with Crippen LogP contribution in [0.4, 0.5) is 0 Å². The molecule has 0 saturated carbocycles. The van der Waals surface area contributed by atoms with Gasteiger partial charge in [-0.3, -0.25) is 9.59 Å². The lowest BCUT2D eigenvalue weighted by Crippen LogP contribution is -2.48. The first-order valence-corrected chi connectivity index (χ1v) is 11.3. The monoisotopic (exact) mass is 426 g/mol. The molecule has 0 bridgehead atoms. The second-order valence-electron chi connectivity index (χ2n) is 7.94. The van der Waals surface area contributed by atoms with Crippen molar-refractivity contribution in [1.82, 2.24) is 9.80 Å². The second kappa shape index (κ2) is 10.4. The summed E-state index contributed by atoms with van der Waals surface area (Å²) in [5.41, 5.74) is 1.15. The topological polar surface area (TPSA) is 49.9 Å². The predicted molar refractivity (Wildman–Crippen MR) is 121 cm³/mol. The maximum atomic E-state index is 13.3. The zero-order chi connectivity index (χ0) is 21.5. The van der Waals surface area contributed by atoms with Crippen LogP contribution in [0.15, 0.2) is 54.4 Å². The van der Waals surface area contributed by atoms with Crippen molar-refractivity contribution in [2.75, 3.05) is 26.2 Å². The lowest BCUT2D eigenvalue weighted by molar-refractivity contribution is -0.142. The Bertz CT molecular complexity index is 862. The zero-order valence-electron chi connectivity index (χ0n) is 17.8. The van der Waals surface area contributed by atoms with Gasteiger partial charge in [-0.1, -0.05) is 38.1 Å². The van der Waals surface area contributed by atoms with Crippen molar-refractivity contribution < 1.29 is 14.3 Å². The minimum atomic E-state index is -0.154. The summed E-state index contributed by atoms with van der Waals surface area (Å²) >= 11 is 1.73. The molecular weight excluding hydrogens is 396 g/mol. The summed E-state index contributed by atoms with van der Waals surface area (Å²) < 4.78 is 6.02. The number of para-hydroxylation sites is 1. The standard InChI is InChI=1S/C24H30N2O3S/c1-4-12-25(23(27)15-18(2)3)16-24(28)26-13-10-22-20(11-14-30-22)21(26)17-29-19-8-6-5-7-9-19/h4-9,11,14,18,21H,1,10,12-13,15-17H2,2-3H3/t21-/m0/s1. The van der Waals surface area contributed by atoms with Crippen molar-refractivity contribution in [3.8, 4) is 5.75 Å². The Morgan fingerprint density at radius 3 is 2.77 bits per heavy atom. The van der Waals surface area contributed by atoms with Gasteiger partial charge in [-0.25, -0.2) is 0 Å². The van der Waals surface area contributed by atoms with Crippen LogP contribution >= 0.6 is 11.3 Å². The minimum absolute atomic E-state index is 0.0106. The van der Waals surface area contributed by atoms with E-state index < -0.39 is 0 Å². The van der Waals surface area contributed by atoms with E-state index in [1.807, 2.05) is 49.1 Å². The molecule has 0 unspecified atom stereocenters. The van der Waals surface area contributed by atoms with Gasteiger partial charge >= 0.3 is 0 Å². The Kier molecular flexibility index (Phi) is 7.69. The molecule has 2 aromatic rings. The maximum Gasteiger partial charge on any atom is 0.242 e. The van der Waals surface area contributed by atoms with E-state index in [9.17, 15) is 9.59 Å². The second-order valence-corrected chi connectivity index (χ2v) is 8.94. The van der Waals surface area contributed by atoms with E-state index >= 15 is 0 Å². The summed E-state index contributed by atoms with van der Waals surface area (Å²) in [6.45, 7) is 9.22. The average molecular weight is 427 g/mol. The van der Waals surface area contributed by atoms with Crippen LogP contribution in [0.25, 0.3) is 0 Å². The minimum Gasteiger partial charge on any atom is -0.491 e. The molecule has 6 heteroatoms. The van der Waals surface area contributed by atoms with E-state index in [-0.39, 0.29) is 30.3 Å². The fourth-order valence-electron chi connectivity index (χ4n) is 3.71. The van der Waals surface area contributed by atoms with Gasteiger partial charge in [0.1, 0.15) is 18.9 Å². The van der Waals surface area contributed by atoms with Crippen LogP contribution in [0, 0.1) is 5.92 Å². The van der Waals surface area contributed by atoms with Crippen LogP contribution < -0.4 is 4.74 Å². The number of hydrogen-bond acceptors (Lipinski definition) is 4. The summed E-state index contributed by atoms with van der Waals surface area (Å²) in [6, 6.07) is 11.6. The quantitative estimate of drug-likeness (QED) is 0.561. The highest BCUT2D eigenvalue weighted by Gasteiger charge is 2.33. The van der Waals surface area contributed by atoms with Gasteiger partial charge in [0, 0.05) is 24.4 Å². The van der Waals surface area contributed by atoms with Crippen LogP contribution in [-0.4, -0.2) is 47.9 Å². The lowest BCUT2D eigenvalue weighted by atomic mass is 10.0. The molecule has 3 rings (SSSR count). The number of amides is 2. The van der Waals surface area contributed by atoms with E-state index in [0.29, 0.717) is 26.1 Å². The van der Waals surface area contributed by atoms with Crippen molar-refractivity contribution in [3.63, 3.8) is 0 Å². The van der Waals surface area contributed by atoms with Crippen molar-refractivity contribution >= 4 is 23.2 Å². The number of thiophene rings is 1. The first-order chi connectivity index (χ1) is 14.5. The summed E-state index contributed by atoms with van der Waals surface area (Å²) in [4.78, 5) is 30.6. The van der Waals surface area contributed by atoms with E-state index in [0.717, 1.165) is 17.7 Å². The first-order valence-electron chi connectivity index (χ1n) is 10.4. The predicted octanol–water partition coefficient (Wildman–Crippen LogP) is 4.31. The number of hydrogen-bond donors (Lipinski definition) is 0. The Labute approximate surface area is 182 Å². The number of benzene rings is 1. The number of ether oxygens (including phenoxy) is 1. The van der Waals surface area contributed by atoms with Gasteiger partial charge in [0.2, 0.25) is 11.8 Å². The normalized spacial score (nSPS) is 15.6. The van der Waals surface area contributed by atoms with Crippen molar-refractivity contribution in [1.29, 1.82) is 0 Å². The Balaban J connectivity index is 1.74. The highest BCUT2D eigenvalue weighted by atomic mass is 32.1. The smallest absolute Gasteiger partial charge is 0.242 e. The fraction of sp³-hybridized carbons (Fsp3) is 0.417. The van der Waals surface area contributed by atoms with E-state index in [1.54, 1.807) is 22.3 Å². The SMILES string of the molecule is C=CCN(CC(=O)N1CCc2sccc2[C@@H]1COc1ccccc1)C(=O)CC(C)C. The van der Waals surface area contributed by atoms with Crippen molar-refractivity contribution in [2.45, 2.75) is 32.7 Å². The van der Waals surface area contributed by atoms with E-state index in [1.165, 1.54) is 4.88 Å². The molecule has 0 fully saturated rings. The molecule has 0 radical (unpaired) electrons. The molecule has 0 N–H and O–H groups in total. The number of carbonyl (C=O) groups is 2. The molecule has 1 aliphatic heterocycles. The van der Waals surface area contributed by atoms with E-state index in [4.69, 9.17) is 4.74 Å². The zero-order valence-corrected chi connectivity index (χ0v) is 18.6. The largest absolute Gasteiger partial charge is 0.491 e. The summed E-state index contributed by atoms with van der Waals surface area (Å²) in [5.74, 6) is 0.971. The fourth-order valence-corrected chi connectivity index (χ4v) is 4.64. The molecule has 1 aromatic heterocycles. The third-order valence-electron chi connectivity index (χ3n) is 5.18. The lowest BCUT2D eigenvalue weighted by Gasteiger charge is -2.37. The summed E-state index contributed by atoms with van der Waals surface area (Å²) in [5, 5.41) is 2.07. The molecule has 1 atom stereocenters. The third-order valence-corrected chi connectivity index (χ3v) is 6.17. The van der Waals surface area contributed by atoms with Gasteiger partial charge in [0.25, 0.3) is 0 Å². The maximum absolute atomic E-state index is 13.3. The number of nitrogens with zero attached hydrogens (tertiary/aromatic N) is 2. The molecule has 1 aromatic carbocycles. The summed E-state index contributed by atoms with van der Waals surface area (Å²) in [6.07, 6.45) is 2.94. The molecule has 5 nitrogen and oxygen atoms in total. The Hall–Kier alpha value is -2.60. The highest BCUT2D eigenvalue weighted by molar-refractivity contribution is 7.10. The van der Waals surface area contributed by atoms with Crippen LogP contribution in [0.3, 0.4) is 0 Å². The molecule has 1 aliphatic rings. The van der Waals surface area contributed by atoms with Gasteiger partial charge in [-0.15, -0.1) is 17.9 Å². The van der Waals surface area contributed by atoms with Crippen LogP contribution in [0.5, 0.6) is 5.75 Å². The van der Waals surface area contributed by atoms with Crippen molar-refractivity contribution in [2.24, 2.45) is 5.92 Å². The number of rotatable bonds is 9. The molecular formula is C24H30N2O3S. The molecule has 0 aliphatic carbocycles. The molecule has 160 valence electrons. The molecule has 2 amide bonds. The molecule has 2 heterocycles. The van der Waals surface area contributed by atoms with Crippen molar-refractivity contribution in [3.05, 3.63) is 64.9 Å². The third kappa shape index (κ3) is 5.51. The van der Waals surface area contributed by atoms with Gasteiger partial charge in [-0.2, -0.15) is 0 Å². The number of fused-ring (bicyclic) bond motifs is 1. The van der Waals surface area contributed by atoms with Gasteiger partial charge in [0.15, 0.2) is 0 Å². The summed E-state index contributed by atoms with van der Waals surface area (Å²) in [7, 11) is 0. The first kappa shape index (κ1) is 22.1. The van der Waals surface area contributed by atoms with Crippen LogP contribution in [0.1, 0.15) is 36.8 Å². The van der Waals surface area contributed by atoms with Gasteiger partial charge in [-0.05, 0) is 41.5 Å².